The number of hydrogen-bond acceptors (Lipinski definition) is 4. The molecule has 0 fully saturated rings. The number of rotatable bonds is 7. The van der Waals surface area contributed by atoms with E-state index in [1.807, 2.05) is 0 Å². The van der Waals surface area contributed by atoms with Crippen molar-refractivity contribution < 1.29 is 27.4 Å². The number of halogens is 3. The zero-order valence-electron chi connectivity index (χ0n) is 12.8. The molecule has 0 aliphatic heterocycles. The fourth-order valence-corrected chi connectivity index (χ4v) is 1.82. The molecule has 0 spiro atoms. The van der Waals surface area contributed by atoms with E-state index in [0.717, 1.165) is 12.1 Å². The van der Waals surface area contributed by atoms with Crippen molar-refractivity contribution in [1.82, 2.24) is 9.78 Å². The second-order valence-corrected chi connectivity index (χ2v) is 4.84. The van der Waals surface area contributed by atoms with Crippen LogP contribution in [0.15, 0.2) is 36.7 Å². The minimum atomic E-state index is -4.40. The quantitative estimate of drug-likeness (QED) is 0.839. The Kier molecular flexibility index (Phi) is 5.80. The standard InChI is InChI=1S/C15H16F3N3O3/c1-23-7-6-21-9-12(8-19-21)20-14(22)10-24-13-4-2-11(3-5-13)15(16,17)18/h2-5,8-9H,6-7,10H2,1H3,(H,20,22). The highest BCUT2D eigenvalue weighted by molar-refractivity contribution is 5.91. The summed E-state index contributed by atoms with van der Waals surface area (Å²) in [6.45, 7) is 0.717. The van der Waals surface area contributed by atoms with E-state index < -0.39 is 17.6 Å². The van der Waals surface area contributed by atoms with Gasteiger partial charge in [-0.3, -0.25) is 9.48 Å². The van der Waals surface area contributed by atoms with Gasteiger partial charge in [0.2, 0.25) is 0 Å². The number of anilines is 1. The highest BCUT2D eigenvalue weighted by Crippen LogP contribution is 2.30. The van der Waals surface area contributed by atoms with Crippen LogP contribution in [-0.2, 0) is 22.3 Å². The van der Waals surface area contributed by atoms with Crippen LogP contribution in [0.2, 0.25) is 0 Å². The molecule has 0 bridgehead atoms. The summed E-state index contributed by atoms with van der Waals surface area (Å²) in [5.74, 6) is -0.268. The third kappa shape index (κ3) is 5.27. The molecular formula is C15H16F3N3O3. The molecule has 0 saturated heterocycles. The van der Waals surface area contributed by atoms with Crippen LogP contribution in [0.25, 0.3) is 0 Å². The Balaban J connectivity index is 1.81. The van der Waals surface area contributed by atoms with Crippen LogP contribution in [0, 0.1) is 0 Å². The van der Waals surface area contributed by atoms with E-state index in [2.05, 4.69) is 10.4 Å². The van der Waals surface area contributed by atoms with Crippen LogP contribution in [0.1, 0.15) is 5.56 Å². The summed E-state index contributed by atoms with van der Waals surface area (Å²) in [6.07, 6.45) is -1.29. The SMILES string of the molecule is COCCn1cc(NC(=O)COc2ccc(C(F)(F)F)cc2)cn1. The summed E-state index contributed by atoms with van der Waals surface area (Å²) in [7, 11) is 1.57. The number of nitrogens with zero attached hydrogens (tertiary/aromatic N) is 2. The zero-order valence-corrected chi connectivity index (χ0v) is 12.8. The van der Waals surface area contributed by atoms with Crippen molar-refractivity contribution in [1.29, 1.82) is 0 Å². The second-order valence-electron chi connectivity index (χ2n) is 4.84. The molecular weight excluding hydrogens is 327 g/mol. The van der Waals surface area contributed by atoms with Crippen molar-refractivity contribution in [3.05, 3.63) is 42.2 Å². The van der Waals surface area contributed by atoms with Gasteiger partial charge in [-0.05, 0) is 24.3 Å². The molecule has 6 nitrogen and oxygen atoms in total. The first-order valence-electron chi connectivity index (χ1n) is 7.00. The maximum atomic E-state index is 12.4. The summed E-state index contributed by atoms with van der Waals surface area (Å²) < 4.78 is 49.0. The van der Waals surface area contributed by atoms with Crippen molar-refractivity contribution >= 4 is 11.6 Å². The van der Waals surface area contributed by atoms with Gasteiger partial charge >= 0.3 is 6.18 Å². The monoisotopic (exact) mass is 343 g/mol. The van der Waals surface area contributed by atoms with Crippen molar-refractivity contribution in [2.45, 2.75) is 12.7 Å². The van der Waals surface area contributed by atoms with Gasteiger partial charge in [-0.2, -0.15) is 18.3 Å². The predicted octanol–water partition coefficient (Wildman–Crippen LogP) is 2.57. The lowest BCUT2D eigenvalue weighted by Crippen LogP contribution is -2.20. The number of hydrogen-bond donors (Lipinski definition) is 1. The summed E-state index contributed by atoms with van der Waals surface area (Å²) in [5, 5.41) is 6.61. The van der Waals surface area contributed by atoms with E-state index in [-0.39, 0.29) is 12.4 Å². The fourth-order valence-electron chi connectivity index (χ4n) is 1.82. The lowest BCUT2D eigenvalue weighted by Gasteiger charge is -2.09. The Morgan fingerprint density at radius 1 is 1.29 bits per heavy atom. The highest BCUT2D eigenvalue weighted by Gasteiger charge is 2.30. The summed E-state index contributed by atoms with van der Waals surface area (Å²) in [6, 6.07) is 4.12. The molecule has 1 aromatic carbocycles. The van der Waals surface area contributed by atoms with Crippen LogP contribution in [-0.4, -0.2) is 36.0 Å². The number of ether oxygens (including phenoxy) is 2. The van der Waals surface area contributed by atoms with Crippen molar-refractivity contribution in [2.24, 2.45) is 0 Å². The van der Waals surface area contributed by atoms with Gasteiger partial charge in [-0.15, -0.1) is 0 Å². The Labute approximate surface area is 136 Å². The topological polar surface area (TPSA) is 65.4 Å². The number of nitrogens with one attached hydrogen (secondary N) is 1. The molecule has 1 aromatic heterocycles. The van der Waals surface area contributed by atoms with E-state index in [1.54, 1.807) is 18.0 Å². The average Bonchev–Trinajstić information content (AvgIpc) is 2.98. The Hall–Kier alpha value is -2.55. The molecule has 0 unspecified atom stereocenters. The number of carbonyl (C=O) groups excluding carboxylic acids is 1. The van der Waals surface area contributed by atoms with Gasteiger partial charge in [-0.1, -0.05) is 0 Å². The van der Waals surface area contributed by atoms with E-state index in [0.29, 0.717) is 18.8 Å². The van der Waals surface area contributed by atoms with Crippen molar-refractivity contribution in [2.75, 3.05) is 25.6 Å². The van der Waals surface area contributed by atoms with Crippen molar-refractivity contribution in [3.8, 4) is 5.75 Å². The second kappa shape index (κ2) is 7.82. The number of carbonyl (C=O) groups is 1. The molecule has 130 valence electrons. The van der Waals surface area contributed by atoms with Crippen molar-refractivity contribution in [3.63, 3.8) is 0 Å². The molecule has 0 saturated carbocycles. The van der Waals surface area contributed by atoms with E-state index in [1.165, 1.54) is 18.3 Å². The minimum Gasteiger partial charge on any atom is -0.484 e. The van der Waals surface area contributed by atoms with Gasteiger partial charge in [0, 0.05) is 13.3 Å². The summed E-state index contributed by atoms with van der Waals surface area (Å²) in [5.41, 5.74) is -0.283. The van der Waals surface area contributed by atoms with Gasteiger partial charge in [0.05, 0.1) is 30.6 Å². The smallest absolute Gasteiger partial charge is 0.416 e. The minimum absolute atomic E-state index is 0.175. The molecule has 2 rings (SSSR count). The van der Waals surface area contributed by atoms with E-state index in [4.69, 9.17) is 9.47 Å². The van der Waals surface area contributed by atoms with Gasteiger partial charge in [-0.25, -0.2) is 0 Å². The third-order valence-corrected chi connectivity index (χ3v) is 2.99. The largest absolute Gasteiger partial charge is 0.484 e. The summed E-state index contributed by atoms with van der Waals surface area (Å²) in [4.78, 5) is 11.8. The molecule has 0 aliphatic carbocycles. The number of amides is 1. The average molecular weight is 343 g/mol. The highest BCUT2D eigenvalue weighted by atomic mass is 19.4. The van der Waals surface area contributed by atoms with Gasteiger partial charge < -0.3 is 14.8 Å². The molecule has 9 heteroatoms. The van der Waals surface area contributed by atoms with Crippen LogP contribution < -0.4 is 10.1 Å². The number of aromatic nitrogens is 2. The van der Waals surface area contributed by atoms with Crippen LogP contribution >= 0.6 is 0 Å². The fraction of sp³-hybridized carbons (Fsp3) is 0.333. The molecule has 1 N–H and O–H groups in total. The first kappa shape index (κ1) is 17.8. The van der Waals surface area contributed by atoms with Crippen LogP contribution in [0.4, 0.5) is 18.9 Å². The lowest BCUT2D eigenvalue weighted by atomic mass is 10.2. The molecule has 1 amide bonds. The molecule has 2 aromatic rings. The molecule has 24 heavy (non-hydrogen) atoms. The number of methoxy groups -OCH3 is 1. The predicted molar refractivity (Wildman–Crippen MR) is 79.7 cm³/mol. The van der Waals surface area contributed by atoms with Gasteiger partial charge in [0.25, 0.3) is 5.91 Å². The molecule has 0 radical (unpaired) electrons. The number of benzene rings is 1. The molecule has 0 atom stereocenters. The first-order chi connectivity index (χ1) is 11.4. The zero-order chi connectivity index (χ0) is 17.6. The maximum Gasteiger partial charge on any atom is 0.416 e. The number of alkyl halides is 3. The first-order valence-corrected chi connectivity index (χ1v) is 7.00. The summed E-state index contributed by atoms with van der Waals surface area (Å²) >= 11 is 0. The third-order valence-electron chi connectivity index (χ3n) is 2.99. The van der Waals surface area contributed by atoms with Gasteiger partial charge in [0.1, 0.15) is 5.75 Å². The Morgan fingerprint density at radius 3 is 2.62 bits per heavy atom. The Morgan fingerprint density at radius 2 is 2.00 bits per heavy atom. The van der Waals surface area contributed by atoms with Crippen LogP contribution in [0.3, 0.4) is 0 Å². The molecule has 1 heterocycles. The normalized spacial score (nSPS) is 11.3. The Bertz CT molecular complexity index is 669. The van der Waals surface area contributed by atoms with E-state index >= 15 is 0 Å². The lowest BCUT2D eigenvalue weighted by molar-refractivity contribution is -0.137. The maximum absolute atomic E-state index is 12.4. The molecule has 0 aliphatic rings. The van der Waals surface area contributed by atoms with Crippen LogP contribution in [0.5, 0.6) is 5.75 Å². The van der Waals surface area contributed by atoms with Gasteiger partial charge in [0.15, 0.2) is 6.61 Å². The van der Waals surface area contributed by atoms with E-state index in [9.17, 15) is 18.0 Å².